The number of nitrogens with zero attached hydrogens (tertiary/aromatic N) is 2. The summed E-state index contributed by atoms with van der Waals surface area (Å²) in [5, 5.41) is 6.90. The Morgan fingerprint density at radius 3 is 2.86 bits per heavy atom. The van der Waals surface area contributed by atoms with Crippen LogP contribution in [0.15, 0.2) is 10.6 Å². The maximum Gasteiger partial charge on any atom is 0.317 e. The zero-order chi connectivity index (χ0) is 15.4. The SMILES string of the molecule is Cc1cc(CNC(=O)N2CCCC2CC2CCCCC2)no1. The van der Waals surface area contributed by atoms with Crippen LogP contribution in [0.25, 0.3) is 0 Å². The fourth-order valence-electron chi connectivity index (χ4n) is 3.92. The van der Waals surface area contributed by atoms with Crippen LogP contribution < -0.4 is 5.32 Å². The van der Waals surface area contributed by atoms with E-state index in [1.165, 1.54) is 38.5 Å². The highest BCUT2D eigenvalue weighted by molar-refractivity contribution is 5.74. The number of aryl methyl sites for hydroxylation is 1. The molecule has 1 aliphatic carbocycles. The largest absolute Gasteiger partial charge is 0.361 e. The normalized spacial score (nSPS) is 23.0. The van der Waals surface area contributed by atoms with Gasteiger partial charge in [0.1, 0.15) is 11.5 Å². The van der Waals surface area contributed by atoms with Crippen molar-refractivity contribution >= 4 is 6.03 Å². The van der Waals surface area contributed by atoms with Crippen LogP contribution >= 0.6 is 0 Å². The van der Waals surface area contributed by atoms with Crippen LogP contribution in [-0.2, 0) is 6.54 Å². The second kappa shape index (κ2) is 7.16. The molecule has 5 heteroatoms. The number of hydrogen-bond acceptors (Lipinski definition) is 3. The van der Waals surface area contributed by atoms with Crippen molar-refractivity contribution in [1.82, 2.24) is 15.4 Å². The minimum absolute atomic E-state index is 0.0546. The highest BCUT2D eigenvalue weighted by Gasteiger charge is 2.31. The first-order valence-electron chi connectivity index (χ1n) is 8.69. The average Bonchev–Trinajstić information content (AvgIpc) is 3.15. The minimum atomic E-state index is 0.0546. The van der Waals surface area contributed by atoms with E-state index >= 15 is 0 Å². The van der Waals surface area contributed by atoms with E-state index in [-0.39, 0.29) is 6.03 Å². The zero-order valence-electron chi connectivity index (χ0n) is 13.5. The molecule has 22 heavy (non-hydrogen) atoms. The molecular weight excluding hydrogens is 278 g/mol. The summed E-state index contributed by atoms with van der Waals surface area (Å²) in [7, 11) is 0. The van der Waals surface area contributed by atoms with Gasteiger partial charge in [-0.25, -0.2) is 4.79 Å². The molecule has 2 amide bonds. The van der Waals surface area contributed by atoms with Gasteiger partial charge >= 0.3 is 6.03 Å². The maximum absolute atomic E-state index is 12.4. The van der Waals surface area contributed by atoms with Crippen molar-refractivity contribution < 1.29 is 9.32 Å². The van der Waals surface area contributed by atoms with Crippen molar-refractivity contribution in [3.63, 3.8) is 0 Å². The molecule has 1 aromatic rings. The van der Waals surface area contributed by atoms with Gasteiger partial charge in [0.25, 0.3) is 0 Å². The Bertz CT molecular complexity index is 494. The van der Waals surface area contributed by atoms with E-state index in [9.17, 15) is 4.79 Å². The fraction of sp³-hybridized carbons (Fsp3) is 0.765. The van der Waals surface area contributed by atoms with E-state index in [1.54, 1.807) is 0 Å². The van der Waals surface area contributed by atoms with Crippen molar-refractivity contribution in [2.24, 2.45) is 5.92 Å². The first-order valence-corrected chi connectivity index (χ1v) is 8.69. The predicted octanol–water partition coefficient (Wildman–Crippen LogP) is 3.63. The lowest BCUT2D eigenvalue weighted by molar-refractivity contribution is 0.177. The Kier molecular flexibility index (Phi) is 5.01. The molecule has 1 aliphatic heterocycles. The monoisotopic (exact) mass is 305 g/mol. The number of urea groups is 1. The summed E-state index contributed by atoms with van der Waals surface area (Å²) in [6, 6.07) is 2.35. The van der Waals surface area contributed by atoms with E-state index < -0.39 is 0 Å². The number of carbonyl (C=O) groups is 1. The summed E-state index contributed by atoms with van der Waals surface area (Å²) in [4.78, 5) is 14.5. The Morgan fingerprint density at radius 1 is 1.32 bits per heavy atom. The standard InChI is InChI=1S/C17H27N3O2/c1-13-10-15(19-22-13)12-18-17(21)20-9-5-8-16(20)11-14-6-3-2-4-7-14/h10,14,16H,2-9,11-12H2,1H3,(H,18,21). The first-order chi connectivity index (χ1) is 10.7. The van der Waals surface area contributed by atoms with E-state index in [2.05, 4.69) is 10.5 Å². The topological polar surface area (TPSA) is 58.4 Å². The molecule has 1 saturated carbocycles. The molecule has 1 saturated heterocycles. The molecule has 2 heterocycles. The van der Waals surface area contributed by atoms with Crippen molar-refractivity contribution in [2.75, 3.05) is 6.54 Å². The molecule has 122 valence electrons. The summed E-state index contributed by atoms with van der Waals surface area (Å²) >= 11 is 0. The Morgan fingerprint density at radius 2 is 2.14 bits per heavy atom. The number of rotatable bonds is 4. The van der Waals surface area contributed by atoms with Crippen LogP contribution in [0.1, 0.15) is 62.8 Å². The lowest BCUT2D eigenvalue weighted by atomic mass is 9.84. The molecule has 1 atom stereocenters. The first kappa shape index (κ1) is 15.4. The predicted molar refractivity (Wildman–Crippen MR) is 84.4 cm³/mol. The number of amides is 2. The third kappa shape index (κ3) is 3.81. The van der Waals surface area contributed by atoms with Crippen molar-refractivity contribution in [3.8, 4) is 0 Å². The van der Waals surface area contributed by atoms with Gasteiger partial charge < -0.3 is 14.7 Å². The smallest absolute Gasteiger partial charge is 0.317 e. The van der Waals surface area contributed by atoms with Gasteiger partial charge in [-0.1, -0.05) is 37.3 Å². The Balaban J connectivity index is 1.49. The highest BCUT2D eigenvalue weighted by atomic mass is 16.5. The molecule has 2 fully saturated rings. The van der Waals surface area contributed by atoms with E-state index in [0.29, 0.717) is 12.6 Å². The van der Waals surface area contributed by atoms with Gasteiger partial charge in [-0.15, -0.1) is 0 Å². The zero-order valence-corrected chi connectivity index (χ0v) is 13.5. The van der Waals surface area contributed by atoms with Crippen LogP contribution in [0.4, 0.5) is 4.79 Å². The Hall–Kier alpha value is -1.52. The highest BCUT2D eigenvalue weighted by Crippen LogP contribution is 2.32. The number of aromatic nitrogens is 1. The van der Waals surface area contributed by atoms with Gasteiger partial charge in [0, 0.05) is 18.7 Å². The maximum atomic E-state index is 12.4. The molecular formula is C17H27N3O2. The van der Waals surface area contributed by atoms with E-state index in [4.69, 9.17) is 4.52 Å². The van der Waals surface area contributed by atoms with Crippen molar-refractivity contribution in [2.45, 2.75) is 70.9 Å². The summed E-state index contributed by atoms with van der Waals surface area (Å²) in [6.07, 6.45) is 10.3. The van der Waals surface area contributed by atoms with Gasteiger partial charge in [-0.2, -0.15) is 0 Å². The summed E-state index contributed by atoms with van der Waals surface area (Å²) in [5.74, 6) is 1.60. The quantitative estimate of drug-likeness (QED) is 0.924. The summed E-state index contributed by atoms with van der Waals surface area (Å²) < 4.78 is 5.03. The van der Waals surface area contributed by atoms with Gasteiger partial charge in [-0.3, -0.25) is 0 Å². The number of likely N-dealkylation sites (tertiary alicyclic amines) is 1. The lowest BCUT2D eigenvalue weighted by Gasteiger charge is -2.30. The molecule has 1 unspecified atom stereocenters. The number of carbonyl (C=O) groups excluding carboxylic acids is 1. The Labute approximate surface area is 132 Å². The van der Waals surface area contributed by atoms with Crippen molar-refractivity contribution in [1.29, 1.82) is 0 Å². The second-order valence-corrected chi connectivity index (χ2v) is 6.82. The summed E-state index contributed by atoms with van der Waals surface area (Å²) in [6.45, 7) is 3.20. The molecule has 5 nitrogen and oxygen atoms in total. The molecule has 3 rings (SSSR count). The number of nitrogens with one attached hydrogen (secondary N) is 1. The third-order valence-corrected chi connectivity index (χ3v) is 5.07. The second-order valence-electron chi connectivity index (χ2n) is 6.82. The molecule has 0 bridgehead atoms. The van der Waals surface area contributed by atoms with E-state index in [1.807, 2.05) is 17.9 Å². The van der Waals surface area contributed by atoms with Gasteiger partial charge in [0.2, 0.25) is 0 Å². The van der Waals surface area contributed by atoms with Crippen LogP contribution in [0, 0.1) is 12.8 Å². The van der Waals surface area contributed by atoms with Gasteiger partial charge in [0.15, 0.2) is 0 Å². The van der Waals surface area contributed by atoms with Crippen LogP contribution in [-0.4, -0.2) is 28.7 Å². The molecule has 1 aromatic heterocycles. The number of hydrogen-bond donors (Lipinski definition) is 1. The van der Waals surface area contributed by atoms with Crippen LogP contribution in [0.3, 0.4) is 0 Å². The van der Waals surface area contributed by atoms with Gasteiger partial charge in [0.05, 0.1) is 6.54 Å². The molecule has 2 aliphatic rings. The van der Waals surface area contributed by atoms with Crippen LogP contribution in [0.2, 0.25) is 0 Å². The van der Waals surface area contributed by atoms with E-state index in [0.717, 1.165) is 36.8 Å². The van der Waals surface area contributed by atoms with Crippen LogP contribution in [0.5, 0.6) is 0 Å². The minimum Gasteiger partial charge on any atom is -0.361 e. The summed E-state index contributed by atoms with van der Waals surface area (Å²) in [5.41, 5.74) is 0.786. The third-order valence-electron chi connectivity index (χ3n) is 5.07. The molecule has 0 aromatic carbocycles. The molecule has 0 spiro atoms. The molecule has 1 N–H and O–H groups in total. The average molecular weight is 305 g/mol. The molecule has 0 radical (unpaired) electrons. The lowest BCUT2D eigenvalue weighted by Crippen LogP contribution is -2.43. The van der Waals surface area contributed by atoms with Gasteiger partial charge in [-0.05, 0) is 32.1 Å². The fourth-order valence-corrected chi connectivity index (χ4v) is 3.92. The van der Waals surface area contributed by atoms with Crippen molar-refractivity contribution in [3.05, 3.63) is 17.5 Å².